The second-order valence-corrected chi connectivity index (χ2v) is 17.5. The van der Waals surface area contributed by atoms with E-state index in [1.807, 2.05) is 4.09 Å². The molecule has 0 radical (unpaired) electrons. The molecule has 0 aliphatic carbocycles. The number of hydrogen-bond acceptors (Lipinski definition) is 1. The van der Waals surface area contributed by atoms with Gasteiger partial charge in [-0.25, -0.2) is 0 Å². The van der Waals surface area contributed by atoms with E-state index in [1.54, 1.807) is 6.92 Å². The molecule has 12 heavy (non-hydrogen) atoms. The summed E-state index contributed by atoms with van der Waals surface area (Å²) < 4.78 is 3.28. The molecule has 0 saturated heterocycles. The minimum absolute atomic E-state index is 0.532. The topological polar surface area (TPSA) is 37.3 Å². The van der Waals surface area contributed by atoms with Crippen LogP contribution in [0.5, 0.6) is 0 Å². The van der Waals surface area contributed by atoms with E-state index in [0.717, 1.165) is 0 Å². The van der Waals surface area contributed by atoms with Gasteiger partial charge in [-0.3, -0.25) is 0 Å². The Balaban J connectivity index is 4.38. The molecule has 0 unspecified atom stereocenters. The average molecular weight is 277 g/mol. The average Bonchev–Trinajstić information content (AvgIpc) is 1.85. The van der Waals surface area contributed by atoms with Crippen molar-refractivity contribution in [1.29, 1.82) is 0 Å². The number of carboxylic acid groups (broad SMARTS) is 1. The van der Waals surface area contributed by atoms with Crippen molar-refractivity contribution < 1.29 is 9.90 Å². The van der Waals surface area contributed by atoms with Gasteiger partial charge in [0.25, 0.3) is 0 Å². The molecule has 2 nitrogen and oxygen atoms in total. The van der Waals surface area contributed by atoms with Crippen molar-refractivity contribution in [2.45, 2.75) is 34.6 Å². The fourth-order valence-corrected chi connectivity index (χ4v) is 9.15. The summed E-state index contributed by atoms with van der Waals surface area (Å²) in [5.74, 6) is -0.768. The summed E-state index contributed by atoms with van der Waals surface area (Å²) in [5, 5.41) is 8.68. The van der Waals surface area contributed by atoms with E-state index in [0.29, 0.717) is 5.57 Å². The van der Waals surface area contributed by atoms with Crippen LogP contribution in [0.15, 0.2) is 9.67 Å². The first-order chi connectivity index (χ1) is 5.39. The Morgan fingerprint density at radius 1 is 1.50 bits per heavy atom. The quantitative estimate of drug-likeness (QED) is 0.633. The van der Waals surface area contributed by atoms with Crippen molar-refractivity contribution in [2.75, 3.05) is 0 Å². The normalized spacial score (nSPS) is 13.2. The van der Waals surface area contributed by atoms with Crippen LogP contribution in [0.25, 0.3) is 0 Å². The molecule has 0 aliphatic rings. The molecule has 3 heteroatoms. The van der Waals surface area contributed by atoms with Gasteiger partial charge in [-0.1, -0.05) is 0 Å². The van der Waals surface area contributed by atoms with Gasteiger partial charge in [0.2, 0.25) is 0 Å². The van der Waals surface area contributed by atoms with E-state index in [1.165, 1.54) is 10.9 Å². The van der Waals surface area contributed by atoms with E-state index < -0.39 is 24.3 Å². The Morgan fingerprint density at radius 3 is 2.33 bits per heavy atom. The summed E-state index contributed by atoms with van der Waals surface area (Å²) in [6, 6.07) is 0. The number of aliphatic carboxylic acids is 1. The van der Waals surface area contributed by atoms with Crippen LogP contribution in [0.3, 0.4) is 0 Å². The van der Waals surface area contributed by atoms with Gasteiger partial charge >= 0.3 is 78.5 Å². The molecule has 0 aromatic carbocycles. The maximum atomic E-state index is 10.5. The molecule has 0 heterocycles. The summed E-state index contributed by atoms with van der Waals surface area (Å²) in [4.78, 5) is 15.1. The fraction of sp³-hybridized carbons (Fsp3) is 0.667. The summed E-state index contributed by atoms with van der Waals surface area (Å²) >= 11 is -2.08. The molecule has 0 rings (SSSR count). The molecule has 0 fully saturated rings. The maximum absolute atomic E-state index is 10.5. The van der Waals surface area contributed by atoms with Crippen molar-refractivity contribution >= 4 is 24.3 Å². The Kier molecular flexibility index (Phi) is 4.90. The number of rotatable bonds is 4. The van der Waals surface area contributed by atoms with Crippen molar-refractivity contribution in [3.05, 3.63) is 9.67 Å². The third kappa shape index (κ3) is 4.80. The van der Waals surface area contributed by atoms with Crippen LogP contribution < -0.4 is 0 Å². The SMILES string of the molecule is CC[CH2][Sn]([CH3])([CH3])[CH]=C(C)C(=O)O. The minimum atomic E-state index is -2.08. The van der Waals surface area contributed by atoms with Crippen molar-refractivity contribution in [3.63, 3.8) is 0 Å². The molecule has 0 amide bonds. The van der Waals surface area contributed by atoms with Crippen molar-refractivity contribution in [1.82, 2.24) is 0 Å². The zero-order valence-corrected chi connectivity index (χ0v) is 11.2. The summed E-state index contributed by atoms with van der Waals surface area (Å²) in [6.07, 6.45) is 1.17. The zero-order chi connectivity index (χ0) is 9.78. The van der Waals surface area contributed by atoms with E-state index >= 15 is 0 Å². The molecular weight excluding hydrogens is 259 g/mol. The van der Waals surface area contributed by atoms with Gasteiger partial charge in [-0.05, 0) is 0 Å². The first-order valence-corrected chi connectivity index (χ1v) is 13.7. The van der Waals surface area contributed by atoms with Gasteiger partial charge < -0.3 is 0 Å². The number of carbonyl (C=O) groups is 1. The first-order valence-electron chi connectivity index (χ1n) is 4.32. The van der Waals surface area contributed by atoms with Gasteiger partial charge in [0.05, 0.1) is 0 Å². The standard InChI is InChI=1S/C4H5O2.C3H7.2CH3.Sn/c1-3(2)4(5)6;1-3-2;;;/h1H,2H3,(H,5,6);1,3H2,2H3;2*1H3;. The van der Waals surface area contributed by atoms with Gasteiger partial charge in [-0.15, -0.1) is 0 Å². The molecule has 0 aromatic rings. The molecule has 0 aliphatic heterocycles. The van der Waals surface area contributed by atoms with Crippen LogP contribution in [0, 0.1) is 0 Å². The van der Waals surface area contributed by atoms with Gasteiger partial charge in [-0.2, -0.15) is 0 Å². The Hall–Kier alpha value is 0.00870. The van der Waals surface area contributed by atoms with Crippen LogP contribution in [0.2, 0.25) is 14.3 Å². The van der Waals surface area contributed by atoms with E-state index in [2.05, 4.69) is 16.8 Å². The van der Waals surface area contributed by atoms with Crippen molar-refractivity contribution in [2.24, 2.45) is 0 Å². The number of hydrogen-bond donors (Lipinski definition) is 1. The molecule has 0 atom stereocenters. The zero-order valence-electron chi connectivity index (χ0n) is 8.35. The predicted octanol–water partition coefficient (Wildman–Crippen LogP) is 2.67. The van der Waals surface area contributed by atoms with E-state index in [4.69, 9.17) is 5.11 Å². The second kappa shape index (κ2) is 4.90. The number of carboxylic acids is 1. The first kappa shape index (κ1) is 12.0. The fourth-order valence-electron chi connectivity index (χ4n) is 1.36. The third-order valence-electron chi connectivity index (χ3n) is 1.84. The summed E-state index contributed by atoms with van der Waals surface area (Å²) in [6.45, 7) is 3.85. The monoisotopic (exact) mass is 278 g/mol. The third-order valence-corrected chi connectivity index (χ3v) is 10.4. The molecule has 0 bridgehead atoms. The Labute approximate surface area is 78.5 Å². The van der Waals surface area contributed by atoms with Gasteiger partial charge in [0.1, 0.15) is 0 Å². The Bertz CT molecular complexity index is 195. The Morgan fingerprint density at radius 2 is 2.00 bits per heavy atom. The molecule has 0 spiro atoms. The summed E-state index contributed by atoms with van der Waals surface area (Å²) in [5.41, 5.74) is 0.532. The molecular formula is C9H18O2Sn. The van der Waals surface area contributed by atoms with E-state index in [9.17, 15) is 4.79 Å². The predicted molar refractivity (Wildman–Crippen MR) is 54.0 cm³/mol. The van der Waals surface area contributed by atoms with Gasteiger partial charge in [0.15, 0.2) is 0 Å². The van der Waals surface area contributed by atoms with Crippen LogP contribution >= 0.6 is 0 Å². The van der Waals surface area contributed by atoms with Crippen LogP contribution in [0.4, 0.5) is 0 Å². The van der Waals surface area contributed by atoms with Crippen LogP contribution in [0.1, 0.15) is 20.3 Å². The molecule has 1 N–H and O–H groups in total. The van der Waals surface area contributed by atoms with Crippen LogP contribution in [-0.4, -0.2) is 29.5 Å². The van der Waals surface area contributed by atoms with Gasteiger partial charge in [0, 0.05) is 0 Å². The van der Waals surface area contributed by atoms with E-state index in [-0.39, 0.29) is 0 Å². The van der Waals surface area contributed by atoms with Crippen LogP contribution in [-0.2, 0) is 4.79 Å². The molecule has 70 valence electrons. The summed E-state index contributed by atoms with van der Waals surface area (Å²) in [7, 11) is 0. The molecule has 0 saturated carbocycles. The second-order valence-electron chi connectivity index (χ2n) is 3.87. The van der Waals surface area contributed by atoms with Crippen molar-refractivity contribution in [3.8, 4) is 0 Å². The molecule has 0 aromatic heterocycles.